The standard InChI is InChI=1S/C17H12ClFN4O/c18-11-5-7-12(8-6-11)21-16(24)15-9-10-20-17(23-15)22-14-4-2-1-3-13(14)19/h1-10H,(H,21,24)(H,20,22,23). The van der Waals surface area contributed by atoms with E-state index in [1.165, 1.54) is 18.3 Å². The van der Waals surface area contributed by atoms with E-state index in [-0.39, 0.29) is 17.3 Å². The van der Waals surface area contributed by atoms with Crippen molar-refractivity contribution in [2.24, 2.45) is 0 Å². The molecule has 2 N–H and O–H groups in total. The molecular formula is C17H12ClFN4O. The third-order valence-corrected chi connectivity index (χ3v) is 3.36. The predicted octanol–water partition coefficient (Wildman–Crippen LogP) is 4.27. The summed E-state index contributed by atoms with van der Waals surface area (Å²) in [4.78, 5) is 20.3. The molecule has 3 rings (SSSR count). The first-order chi connectivity index (χ1) is 11.6. The number of halogens is 2. The second kappa shape index (κ2) is 7.06. The second-order valence-electron chi connectivity index (χ2n) is 4.83. The van der Waals surface area contributed by atoms with Gasteiger partial charge in [0.25, 0.3) is 5.91 Å². The van der Waals surface area contributed by atoms with Gasteiger partial charge in [-0.1, -0.05) is 23.7 Å². The van der Waals surface area contributed by atoms with Gasteiger partial charge in [0.05, 0.1) is 5.69 Å². The Hall–Kier alpha value is -2.99. The summed E-state index contributed by atoms with van der Waals surface area (Å²) >= 11 is 5.80. The third-order valence-electron chi connectivity index (χ3n) is 3.11. The number of para-hydroxylation sites is 1. The van der Waals surface area contributed by atoms with Gasteiger partial charge in [-0.05, 0) is 42.5 Å². The van der Waals surface area contributed by atoms with Crippen LogP contribution >= 0.6 is 11.6 Å². The zero-order valence-corrected chi connectivity index (χ0v) is 13.1. The topological polar surface area (TPSA) is 66.9 Å². The smallest absolute Gasteiger partial charge is 0.274 e. The van der Waals surface area contributed by atoms with Crippen molar-refractivity contribution in [3.05, 3.63) is 77.3 Å². The molecule has 120 valence electrons. The number of anilines is 3. The van der Waals surface area contributed by atoms with Crippen molar-refractivity contribution in [2.45, 2.75) is 0 Å². The molecule has 0 saturated carbocycles. The van der Waals surface area contributed by atoms with E-state index in [1.807, 2.05) is 0 Å². The Kier molecular flexibility index (Phi) is 4.67. The van der Waals surface area contributed by atoms with Gasteiger partial charge >= 0.3 is 0 Å². The van der Waals surface area contributed by atoms with Crippen LogP contribution in [0.2, 0.25) is 5.02 Å². The summed E-state index contributed by atoms with van der Waals surface area (Å²) in [5.74, 6) is -0.711. The molecule has 1 amide bonds. The van der Waals surface area contributed by atoms with E-state index < -0.39 is 11.7 Å². The van der Waals surface area contributed by atoms with Crippen LogP contribution < -0.4 is 10.6 Å². The molecule has 0 aliphatic heterocycles. The van der Waals surface area contributed by atoms with Crippen LogP contribution in [0.3, 0.4) is 0 Å². The van der Waals surface area contributed by atoms with Crippen LogP contribution in [0.4, 0.5) is 21.7 Å². The van der Waals surface area contributed by atoms with Crippen molar-refractivity contribution in [1.29, 1.82) is 0 Å². The van der Waals surface area contributed by atoms with E-state index in [2.05, 4.69) is 20.6 Å². The highest BCUT2D eigenvalue weighted by atomic mass is 35.5. The first kappa shape index (κ1) is 15.9. The lowest BCUT2D eigenvalue weighted by Crippen LogP contribution is -2.14. The Labute approximate surface area is 142 Å². The molecule has 24 heavy (non-hydrogen) atoms. The van der Waals surface area contributed by atoms with Crippen LogP contribution in [0.25, 0.3) is 0 Å². The number of amides is 1. The van der Waals surface area contributed by atoms with Gasteiger partial charge in [-0.15, -0.1) is 0 Å². The molecule has 0 saturated heterocycles. The monoisotopic (exact) mass is 342 g/mol. The fourth-order valence-corrected chi connectivity index (χ4v) is 2.08. The van der Waals surface area contributed by atoms with E-state index >= 15 is 0 Å². The lowest BCUT2D eigenvalue weighted by Gasteiger charge is -2.08. The molecule has 1 heterocycles. The van der Waals surface area contributed by atoms with E-state index in [9.17, 15) is 9.18 Å². The fraction of sp³-hybridized carbons (Fsp3) is 0. The molecule has 2 aromatic carbocycles. The van der Waals surface area contributed by atoms with E-state index in [0.29, 0.717) is 10.7 Å². The van der Waals surface area contributed by atoms with Crippen LogP contribution in [0.5, 0.6) is 0 Å². The lowest BCUT2D eigenvalue weighted by molar-refractivity contribution is 0.102. The van der Waals surface area contributed by atoms with Crippen LogP contribution in [-0.2, 0) is 0 Å². The van der Waals surface area contributed by atoms with E-state index in [1.54, 1.807) is 42.5 Å². The van der Waals surface area contributed by atoms with Crippen molar-refractivity contribution in [3.8, 4) is 0 Å². The maximum Gasteiger partial charge on any atom is 0.274 e. The summed E-state index contributed by atoms with van der Waals surface area (Å²) in [6.07, 6.45) is 1.42. The van der Waals surface area contributed by atoms with Gasteiger partial charge in [-0.2, -0.15) is 0 Å². The van der Waals surface area contributed by atoms with Crippen molar-refractivity contribution < 1.29 is 9.18 Å². The normalized spacial score (nSPS) is 10.2. The Bertz CT molecular complexity index is 870. The molecular weight excluding hydrogens is 331 g/mol. The number of aromatic nitrogens is 2. The molecule has 0 aliphatic rings. The number of hydrogen-bond acceptors (Lipinski definition) is 4. The summed E-state index contributed by atoms with van der Waals surface area (Å²) in [5.41, 5.74) is 0.971. The highest BCUT2D eigenvalue weighted by Gasteiger charge is 2.10. The van der Waals surface area contributed by atoms with Gasteiger partial charge in [0, 0.05) is 16.9 Å². The number of nitrogens with one attached hydrogen (secondary N) is 2. The molecule has 0 aliphatic carbocycles. The van der Waals surface area contributed by atoms with Crippen molar-refractivity contribution in [2.75, 3.05) is 10.6 Å². The first-order valence-electron chi connectivity index (χ1n) is 7.03. The molecule has 3 aromatic rings. The number of rotatable bonds is 4. The minimum atomic E-state index is -0.433. The fourth-order valence-electron chi connectivity index (χ4n) is 1.96. The molecule has 0 fully saturated rings. The zero-order valence-electron chi connectivity index (χ0n) is 12.3. The molecule has 5 nitrogen and oxygen atoms in total. The quantitative estimate of drug-likeness (QED) is 0.743. The molecule has 7 heteroatoms. The molecule has 1 aromatic heterocycles. The highest BCUT2D eigenvalue weighted by Crippen LogP contribution is 2.17. The zero-order chi connectivity index (χ0) is 16.9. The maximum atomic E-state index is 13.6. The summed E-state index contributed by atoms with van der Waals surface area (Å²) in [7, 11) is 0. The number of benzene rings is 2. The maximum absolute atomic E-state index is 13.6. The average molecular weight is 343 g/mol. The molecule has 0 atom stereocenters. The van der Waals surface area contributed by atoms with Crippen LogP contribution in [0.15, 0.2) is 60.8 Å². The largest absolute Gasteiger partial charge is 0.322 e. The minimum absolute atomic E-state index is 0.129. The molecule has 0 radical (unpaired) electrons. The molecule has 0 spiro atoms. The second-order valence-corrected chi connectivity index (χ2v) is 5.27. The van der Waals surface area contributed by atoms with Gasteiger partial charge in [0.2, 0.25) is 5.95 Å². The summed E-state index contributed by atoms with van der Waals surface area (Å²) in [6.45, 7) is 0. The Balaban J connectivity index is 1.76. The van der Waals surface area contributed by atoms with Crippen LogP contribution in [0, 0.1) is 5.82 Å². The summed E-state index contributed by atoms with van der Waals surface area (Å²) < 4.78 is 13.6. The van der Waals surface area contributed by atoms with Crippen molar-refractivity contribution in [3.63, 3.8) is 0 Å². The van der Waals surface area contributed by atoms with Gasteiger partial charge < -0.3 is 10.6 Å². The first-order valence-corrected chi connectivity index (χ1v) is 7.41. The van der Waals surface area contributed by atoms with E-state index in [0.717, 1.165) is 0 Å². The Morgan fingerprint density at radius 3 is 2.54 bits per heavy atom. The van der Waals surface area contributed by atoms with E-state index in [4.69, 9.17) is 11.6 Å². The van der Waals surface area contributed by atoms with Crippen molar-refractivity contribution in [1.82, 2.24) is 9.97 Å². The lowest BCUT2D eigenvalue weighted by atomic mass is 10.3. The Morgan fingerprint density at radius 1 is 1.04 bits per heavy atom. The average Bonchev–Trinajstić information content (AvgIpc) is 2.59. The van der Waals surface area contributed by atoms with Crippen molar-refractivity contribution >= 4 is 34.8 Å². The Morgan fingerprint density at radius 2 is 1.79 bits per heavy atom. The van der Waals surface area contributed by atoms with Gasteiger partial charge in [-0.25, -0.2) is 14.4 Å². The highest BCUT2D eigenvalue weighted by molar-refractivity contribution is 6.30. The van der Waals surface area contributed by atoms with Gasteiger partial charge in [0.1, 0.15) is 11.5 Å². The number of carbonyl (C=O) groups excluding carboxylic acids is 1. The number of carbonyl (C=O) groups is 1. The number of hydrogen-bond donors (Lipinski definition) is 2. The van der Waals surface area contributed by atoms with Crippen LogP contribution in [-0.4, -0.2) is 15.9 Å². The van der Waals surface area contributed by atoms with Gasteiger partial charge in [0.15, 0.2) is 0 Å². The molecule has 0 unspecified atom stereocenters. The number of nitrogens with zero attached hydrogens (tertiary/aromatic N) is 2. The predicted molar refractivity (Wildman–Crippen MR) is 91.1 cm³/mol. The summed E-state index contributed by atoms with van der Waals surface area (Å²) in [6, 6.07) is 14.3. The third kappa shape index (κ3) is 3.85. The minimum Gasteiger partial charge on any atom is -0.322 e. The SMILES string of the molecule is O=C(Nc1ccc(Cl)cc1)c1ccnc(Nc2ccccc2F)n1. The van der Waals surface area contributed by atoms with Crippen LogP contribution in [0.1, 0.15) is 10.5 Å². The molecule has 0 bridgehead atoms. The summed E-state index contributed by atoms with van der Waals surface area (Å²) in [5, 5.41) is 6.02. The van der Waals surface area contributed by atoms with Gasteiger partial charge in [-0.3, -0.25) is 4.79 Å².